The van der Waals surface area contributed by atoms with E-state index in [1.807, 2.05) is 86.6 Å². The third-order valence-corrected chi connectivity index (χ3v) is 11.2. The smallest absolute Gasteiger partial charge is 0.278 e. The second-order valence-corrected chi connectivity index (χ2v) is 16.6. The number of aromatic amines is 1. The number of aliphatic imine (C=N–C) groups is 2. The number of benzene rings is 4. The van der Waals surface area contributed by atoms with E-state index < -0.39 is 17.0 Å². The first-order valence-corrected chi connectivity index (χ1v) is 23.1. The van der Waals surface area contributed by atoms with Crippen molar-refractivity contribution in [1.29, 1.82) is 0 Å². The molecule has 0 saturated carbocycles. The molecule has 0 bridgehead atoms. The summed E-state index contributed by atoms with van der Waals surface area (Å²) in [4.78, 5) is 61.2. The lowest BCUT2D eigenvalue weighted by Gasteiger charge is -2.18. The number of carbonyl (C=O) groups excluding carboxylic acids is 1. The molecular weight excluding hydrogens is 815 g/mol. The molecule has 340 valence electrons. The summed E-state index contributed by atoms with van der Waals surface area (Å²) >= 11 is 0. The lowest BCUT2D eigenvalue weighted by Crippen LogP contribution is -2.33. The van der Waals surface area contributed by atoms with Crippen molar-refractivity contribution in [3.63, 3.8) is 0 Å². The van der Waals surface area contributed by atoms with Crippen molar-refractivity contribution in [3.05, 3.63) is 141 Å². The maximum absolute atomic E-state index is 15.0. The monoisotopic (exact) mass is 877 g/mol. The van der Waals surface area contributed by atoms with Gasteiger partial charge in [0.1, 0.15) is 11.5 Å². The van der Waals surface area contributed by atoms with Crippen LogP contribution in [0.4, 0.5) is 22.7 Å². The number of H-pyrrole nitrogens is 1. The maximum atomic E-state index is 15.0. The fraction of sp³-hybridized carbons (Fsp3) is 0.358. The Hall–Kier alpha value is -6.82. The van der Waals surface area contributed by atoms with Gasteiger partial charge >= 0.3 is 0 Å². The molecule has 12 nitrogen and oxygen atoms in total. The fourth-order valence-corrected chi connectivity index (χ4v) is 7.58. The molecule has 65 heavy (non-hydrogen) atoms. The molecule has 0 saturated heterocycles. The Labute approximate surface area is 382 Å². The van der Waals surface area contributed by atoms with Crippen LogP contribution in [0.5, 0.6) is 11.5 Å². The number of fused-ring (bicyclic) bond motifs is 1. The number of hydrogen-bond acceptors (Lipinski definition) is 9. The minimum atomic E-state index is -0.662. The van der Waals surface area contributed by atoms with Gasteiger partial charge in [0.25, 0.3) is 11.5 Å². The molecule has 2 heterocycles. The van der Waals surface area contributed by atoms with E-state index in [0.29, 0.717) is 46.1 Å². The highest BCUT2D eigenvalue weighted by molar-refractivity contribution is 6.48. The van der Waals surface area contributed by atoms with E-state index in [4.69, 9.17) is 19.5 Å². The Balaban J connectivity index is 1.28. The molecule has 6 rings (SSSR count). The van der Waals surface area contributed by atoms with E-state index in [1.54, 1.807) is 36.4 Å². The number of hydrogen-bond donors (Lipinski definition) is 2. The quantitative estimate of drug-likeness (QED) is 0.0331. The molecule has 0 atom stereocenters. The van der Waals surface area contributed by atoms with E-state index in [9.17, 15) is 14.4 Å². The molecule has 0 spiro atoms. The summed E-state index contributed by atoms with van der Waals surface area (Å²) in [5, 5.41) is 3.35. The van der Waals surface area contributed by atoms with Crippen LogP contribution in [0.3, 0.4) is 0 Å². The number of rotatable bonds is 25. The van der Waals surface area contributed by atoms with Crippen molar-refractivity contribution in [2.24, 2.45) is 9.98 Å². The third kappa shape index (κ3) is 14.1. The van der Waals surface area contributed by atoms with Crippen LogP contribution >= 0.6 is 0 Å². The van der Waals surface area contributed by atoms with Crippen LogP contribution in [0.1, 0.15) is 108 Å². The molecule has 4 aromatic carbocycles. The number of para-hydroxylation sites is 2. The molecule has 1 amide bonds. The minimum absolute atomic E-state index is 0.0820. The number of anilines is 2. The van der Waals surface area contributed by atoms with Gasteiger partial charge in [0.2, 0.25) is 5.56 Å². The molecule has 0 aliphatic rings. The molecule has 0 fully saturated rings. The summed E-state index contributed by atoms with van der Waals surface area (Å²) < 4.78 is 13.4. The molecule has 0 aliphatic heterocycles. The number of amides is 1. The van der Waals surface area contributed by atoms with E-state index in [-0.39, 0.29) is 17.2 Å². The number of nitrogens with one attached hydrogen (secondary N) is 2. The average Bonchev–Trinajstić information content (AvgIpc) is 3.30. The van der Waals surface area contributed by atoms with Gasteiger partial charge in [-0.15, -0.1) is 0 Å². The van der Waals surface area contributed by atoms with E-state index in [1.165, 1.54) is 93.9 Å². The lowest BCUT2D eigenvalue weighted by atomic mass is 10.0. The zero-order valence-corrected chi connectivity index (χ0v) is 38.4. The van der Waals surface area contributed by atoms with Crippen LogP contribution in [0.25, 0.3) is 16.6 Å². The second-order valence-electron chi connectivity index (χ2n) is 16.6. The number of nitrogens with zero attached hydrogens (tertiary/aromatic N) is 5. The van der Waals surface area contributed by atoms with Crippen LogP contribution in [0.2, 0.25) is 0 Å². The topological polar surface area (TPSA) is 143 Å². The molecule has 0 unspecified atom stereocenters. The Kier molecular flexibility index (Phi) is 18.2. The van der Waals surface area contributed by atoms with Gasteiger partial charge in [-0.3, -0.25) is 19.0 Å². The molecule has 2 aromatic heterocycles. The van der Waals surface area contributed by atoms with Gasteiger partial charge in [-0.1, -0.05) is 127 Å². The standard InChI is InChI=1S/C53H63N7O5/c1-5-6-7-8-9-10-11-12-13-14-15-16-17-23-34-64-48-31-28-39(2)35-47(48)58-52(62)50(51-57-44-27-22-21-26-43(44)53(63)60(51)41-32-33-54-49(61)37-41)56-45-30-29-40(59(3)4)36-46(45)55-38-65-42-24-19-18-20-25-42/h18-22,24-33,35-38H,5-17,23,34H2,1-4H3,(H,54,61)(H,58,62)/b55-38+,56-50-. The first-order chi connectivity index (χ1) is 31.7. The first-order valence-electron chi connectivity index (χ1n) is 23.1. The zero-order valence-electron chi connectivity index (χ0n) is 38.4. The van der Waals surface area contributed by atoms with Crippen molar-refractivity contribution < 1.29 is 14.3 Å². The van der Waals surface area contributed by atoms with Gasteiger partial charge in [-0.25, -0.2) is 15.0 Å². The van der Waals surface area contributed by atoms with E-state index in [0.717, 1.165) is 30.5 Å². The zero-order chi connectivity index (χ0) is 45.8. The number of carbonyl (C=O) groups is 1. The summed E-state index contributed by atoms with van der Waals surface area (Å²) in [5.74, 6) is 0.356. The molecule has 0 aliphatic carbocycles. The molecule has 12 heteroatoms. The number of pyridine rings is 1. The summed E-state index contributed by atoms with van der Waals surface area (Å²) in [6, 6.07) is 30.0. The van der Waals surface area contributed by atoms with Crippen LogP contribution in [0, 0.1) is 6.92 Å². The maximum Gasteiger partial charge on any atom is 0.278 e. The predicted molar refractivity (Wildman–Crippen MR) is 266 cm³/mol. The Morgan fingerprint density at radius 3 is 2.14 bits per heavy atom. The Morgan fingerprint density at radius 2 is 1.45 bits per heavy atom. The number of aryl methyl sites for hydroxylation is 1. The van der Waals surface area contributed by atoms with Crippen LogP contribution in [-0.2, 0) is 4.79 Å². The van der Waals surface area contributed by atoms with Crippen molar-refractivity contribution in [3.8, 4) is 17.2 Å². The van der Waals surface area contributed by atoms with E-state index >= 15 is 0 Å². The van der Waals surface area contributed by atoms with Gasteiger partial charge in [-0.05, 0) is 79.6 Å². The van der Waals surface area contributed by atoms with Gasteiger partial charge < -0.3 is 24.7 Å². The minimum Gasteiger partial charge on any atom is -0.491 e. The van der Waals surface area contributed by atoms with Crippen molar-refractivity contribution >= 4 is 51.7 Å². The van der Waals surface area contributed by atoms with Crippen LogP contribution < -0.4 is 30.8 Å². The highest BCUT2D eigenvalue weighted by Gasteiger charge is 2.25. The first kappa shape index (κ1) is 47.7. The van der Waals surface area contributed by atoms with Gasteiger partial charge in [0, 0.05) is 32.0 Å². The number of aromatic nitrogens is 3. The fourth-order valence-electron chi connectivity index (χ4n) is 7.58. The summed E-state index contributed by atoms with van der Waals surface area (Å²) in [5.41, 5.74) is 2.28. The average molecular weight is 878 g/mol. The van der Waals surface area contributed by atoms with Crippen molar-refractivity contribution in [2.75, 3.05) is 30.9 Å². The highest BCUT2D eigenvalue weighted by Crippen LogP contribution is 2.34. The molecule has 6 aromatic rings. The van der Waals surface area contributed by atoms with Crippen molar-refractivity contribution in [1.82, 2.24) is 14.5 Å². The summed E-state index contributed by atoms with van der Waals surface area (Å²) in [6.45, 7) is 4.69. The normalized spacial score (nSPS) is 11.6. The van der Waals surface area contributed by atoms with Gasteiger partial charge in [-0.2, -0.15) is 0 Å². The lowest BCUT2D eigenvalue weighted by molar-refractivity contribution is -0.110. The Morgan fingerprint density at radius 1 is 0.769 bits per heavy atom. The third-order valence-electron chi connectivity index (χ3n) is 11.2. The summed E-state index contributed by atoms with van der Waals surface area (Å²) in [7, 11) is 3.82. The van der Waals surface area contributed by atoms with Gasteiger partial charge in [0.05, 0.1) is 40.3 Å². The molecule has 2 N–H and O–H groups in total. The number of unbranched alkanes of at least 4 members (excludes halogenated alkanes) is 13. The van der Waals surface area contributed by atoms with Crippen LogP contribution in [0.15, 0.2) is 129 Å². The number of ether oxygens (including phenoxy) is 2. The van der Waals surface area contributed by atoms with Crippen molar-refractivity contribution in [2.45, 2.75) is 104 Å². The predicted octanol–water partition coefficient (Wildman–Crippen LogP) is 11.8. The van der Waals surface area contributed by atoms with Gasteiger partial charge in [0.15, 0.2) is 17.9 Å². The molecule has 0 radical (unpaired) electrons. The highest BCUT2D eigenvalue weighted by atomic mass is 16.5. The van der Waals surface area contributed by atoms with Crippen LogP contribution in [-0.4, -0.2) is 53.3 Å². The largest absolute Gasteiger partial charge is 0.491 e. The summed E-state index contributed by atoms with van der Waals surface area (Å²) in [6.07, 6.45) is 20.5. The second kappa shape index (κ2) is 24.9. The Bertz CT molecular complexity index is 2650. The molecular formula is C53H63N7O5. The SMILES string of the molecule is CCCCCCCCCCCCCCCCOc1ccc(C)cc1NC(=O)/C(=N\c1ccc(N(C)C)cc1/N=C/Oc1ccccc1)c1nc2ccccc2c(=O)n1-c1cc[nH]c(=O)c1. The van der Waals surface area contributed by atoms with E-state index in [2.05, 4.69) is 22.2 Å².